The van der Waals surface area contributed by atoms with Gasteiger partial charge in [0.2, 0.25) is 0 Å². The van der Waals surface area contributed by atoms with Crippen molar-refractivity contribution < 1.29 is 14.2 Å². The Kier molecular flexibility index (Phi) is 12.9. The molecule has 0 bridgehead atoms. The summed E-state index contributed by atoms with van der Waals surface area (Å²) in [6, 6.07) is 32.2. The SMILES string of the molecule is CSCC(C)c1ccc(COc2cc(OCc3ccc(C(C)C(C)C)cc3)cc(OCc3ccc(C(C)C(C)C)cc3)c2)cc1. The van der Waals surface area contributed by atoms with Gasteiger partial charge in [-0.05, 0) is 75.0 Å². The summed E-state index contributed by atoms with van der Waals surface area (Å²) < 4.78 is 18.9. The first-order valence-corrected chi connectivity index (χ1v) is 17.8. The van der Waals surface area contributed by atoms with Crippen LogP contribution in [0.1, 0.15) is 99.6 Å². The fraction of sp³-hybridized carbons (Fsp3) is 0.415. The van der Waals surface area contributed by atoms with Crippen LogP contribution >= 0.6 is 11.8 Å². The van der Waals surface area contributed by atoms with E-state index in [1.807, 2.05) is 30.0 Å². The van der Waals surface area contributed by atoms with Gasteiger partial charge in [-0.25, -0.2) is 0 Å². The molecule has 4 aromatic rings. The third-order valence-electron chi connectivity index (χ3n) is 9.05. The molecule has 3 unspecified atom stereocenters. The van der Waals surface area contributed by atoms with Crippen molar-refractivity contribution in [1.29, 1.82) is 0 Å². The number of hydrogen-bond donors (Lipinski definition) is 0. The molecule has 3 nitrogen and oxygen atoms in total. The zero-order valence-corrected chi connectivity index (χ0v) is 29.3. The largest absolute Gasteiger partial charge is 0.489 e. The second-order valence-corrected chi connectivity index (χ2v) is 14.1. The summed E-state index contributed by atoms with van der Waals surface area (Å²) in [5.41, 5.74) is 7.48. The zero-order valence-electron chi connectivity index (χ0n) is 28.5. The molecule has 240 valence electrons. The maximum atomic E-state index is 6.29. The second kappa shape index (κ2) is 16.8. The maximum Gasteiger partial charge on any atom is 0.127 e. The van der Waals surface area contributed by atoms with Gasteiger partial charge in [-0.3, -0.25) is 0 Å². The Morgan fingerprint density at radius 2 is 0.778 bits per heavy atom. The first-order valence-electron chi connectivity index (χ1n) is 16.4. The molecule has 4 heteroatoms. The molecule has 0 heterocycles. The van der Waals surface area contributed by atoms with Crippen molar-refractivity contribution in [3.63, 3.8) is 0 Å². The minimum Gasteiger partial charge on any atom is -0.489 e. The molecule has 0 aliphatic heterocycles. The number of ether oxygens (including phenoxy) is 3. The molecule has 0 spiro atoms. The molecule has 0 aliphatic rings. The summed E-state index contributed by atoms with van der Waals surface area (Å²) in [5, 5.41) is 0. The van der Waals surface area contributed by atoms with Gasteiger partial charge < -0.3 is 14.2 Å². The molecule has 0 aromatic heterocycles. The van der Waals surface area contributed by atoms with E-state index < -0.39 is 0 Å². The van der Waals surface area contributed by atoms with Gasteiger partial charge in [-0.1, -0.05) is 121 Å². The first-order chi connectivity index (χ1) is 21.6. The predicted octanol–water partition coefficient (Wildman–Crippen LogP) is 11.4. The van der Waals surface area contributed by atoms with Crippen molar-refractivity contribution >= 4 is 11.8 Å². The lowest BCUT2D eigenvalue weighted by Gasteiger charge is -2.17. The van der Waals surface area contributed by atoms with E-state index in [9.17, 15) is 0 Å². The van der Waals surface area contributed by atoms with E-state index >= 15 is 0 Å². The van der Waals surface area contributed by atoms with Gasteiger partial charge in [0, 0.05) is 18.2 Å². The molecular weight excluding hydrogens is 573 g/mol. The molecule has 4 rings (SSSR count). The molecule has 0 amide bonds. The lowest BCUT2D eigenvalue weighted by molar-refractivity contribution is 0.274. The van der Waals surface area contributed by atoms with Crippen molar-refractivity contribution in [2.24, 2.45) is 11.8 Å². The van der Waals surface area contributed by atoms with Gasteiger partial charge in [0.05, 0.1) is 0 Å². The maximum absolute atomic E-state index is 6.29. The van der Waals surface area contributed by atoms with Crippen molar-refractivity contribution in [2.75, 3.05) is 12.0 Å². The van der Waals surface area contributed by atoms with Crippen LogP contribution in [0.4, 0.5) is 0 Å². The normalized spacial score (nSPS) is 13.5. The Morgan fingerprint density at radius 1 is 0.467 bits per heavy atom. The van der Waals surface area contributed by atoms with Gasteiger partial charge >= 0.3 is 0 Å². The summed E-state index contributed by atoms with van der Waals surface area (Å²) in [5.74, 6) is 6.10. The van der Waals surface area contributed by atoms with E-state index in [4.69, 9.17) is 14.2 Å². The highest BCUT2D eigenvalue weighted by atomic mass is 32.2. The van der Waals surface area contributed by atoms with E-state index in [-0.39, 0.29) is 0 Å². The number of thioether (sulfide) groups is 1. The minimum absolute atomic E-state index is 0.477. The molecule has 0 radical (unpaired) electrons. The third kappa shape index (κ3) is 10.3. The number of hydrogen-bond acceptors (Lipinski definition) is 4. The van der Waals surface area contributed by atoms with Gasteiger partial charge in [0.1, 0.15) is 37.1 Å². The third-order valence-corrected chi connectivity index (χ3v) is 9.88. The van der Waals surface area contributed by atoms with Crippen molar-refractivity contribution in [2.45, 2.75) is 86.0 Å². The zero-order chi connectivity index (χ0) is 32.3. The Hall–Kier alpha value is -3.37. The summed E-state index contributed by atoms with van der Waals surface area (Å²) in [6.45, 7) is 17.3. The summed E-state index contributed by atoms with van der Waals surface area (Å²) >= 11 is 1.88. The van der Waals surface area contributed by atoms with Gasteiger partial charge in [0.15, 0.2) is 0 Å². The average Bonchev–Trinajstić information content (AvgIpc) is 3.05. The molecular formula is C41H52O3S. The molecule has 0 N–H and O–H groups in total. The molecule has 45 heavy (non-hydrogen) atoms. The molecule has 0 fully saturated rings. The van der Waals surface area contributed by atoms with E-state index in [1.165, 1.54) is 16.7 Å². The van der Waals surface area contributed by atoms with E-state index in [2.05, 4.69) is 128 Å². The minimum atomic E-state index is 0.477. The van der Waals surface area contributed by atoms with Crippen LogP contribution in [-0.2, 0) is 19.8 Å². The summed E-state index contributed by atoms with van der Waals surface area (Å²) in [4.78, 5) is 0. The van der Waals surface area contributed by atoms with Crippen LogP contribution in [0.2, 0.25) is 0 Å². The van der Waals surface area contributed by atoms with Crippen LogP contribution in [-0.4, -0.2) is 12.0 Å². The number of benzene rings is 4. The number of rotatable bonds is 16. The highest BCUT2D eigenvalue weighted by Crippen LogP contribution is 2.31. The monoisotopic (exact) mass is 624 g/mol. The van der Waals surface area contributed by atoms with Gasteiger partial charge in [-0.2, -0.15) is 11.8 Å². The fourth-order valence-corrected chi connectivity index (χ4v) is 5.88. The summed E-state index contributed by atoms with van der Waals surface area (Å²) in [7, 11) is 0. The highest BCUT2D eigenvalue weighted by Gasteiger charge is 2.12. The summed E-state index contributed by atoms with van der Waals surface area (Å²) in [6.07, 6.45) is 2.16. The predicted molar refractivity (Wildman–Crippen MR) is 192 cm³/mol. The van der Waals surface area contributed by atoms with Crippen molar-refractivity contribution in [3.8, 4) is 17.2 Å². The van der Waals surface area contributed by atoms with Crippen LogP contribution < -0.4 is 14.2 Å². The quantitative estimate of drug-likeness (QED) is 0.124. The van der Waals surface area contributed by atoms with Crippen LogP contribution in [0, 0.1) is 11.8 Å². The van der Waals surface area contributed by atoms with E-state index in [0.29, 0.717) is 49.4 Å². The molecule has 0 saturated carbocycles. The topological polar surface area (TPSA) is 27.7 Å². The first kappa shape index (κ1) is 34.5. The average molecular weight is 625 g/mol. The van der Waals surface area contributed by atoms with Crippen LogP contribution in [0.5, 0.6) is 17.2 Å². The van der Waals surface area contributed by atoms with Crippen molar-refractivity contribution in [3.05, 3.63) is 124 Å². The second-order valence-electron chi connectivity index (χ2n) is 13.2. The Labute approximate surface area is 276 Å². The Bertz CT molecular complexity index is 1360. The molecule has 3 atom stereocenters. The van der Waals surface area contributed by atoms with Gasteiger partial charge in [-0.15, -0.1) is 0 Å². The van der Waals surface area contributed by atoms with Crippen LogP contribution in [0.3, 0.4) is 0 Å². The van der Waals surface area contributed by atoms with Crippen molar-refractivity contribution in [1.82, 2.24) is 0 Å². The molecule has 0 saturated heterocycles. The smallest absolute Gasteiger partial charge is 0.127 e. The molecule has 4 aromatic carbocycles. The lowest BCUT2D eigenvalue weighted by atomic mass is 9.90. The van der Waals surface area contributed by atoms with Crippen LogP contribution in [0.15, 0.2) is 91.0 Å². The standard InChI is InChI=1S/C41H52O3S/c1-28(2)31(6)37-17-11-34(12-18-37)25-43-40-21-39(42-24-33-9-15-36(16-10-33)30(5)27-45-8)22-41(23-40)44-26-35-13-19-38(20-14-35)32(7)29(3)4/h9-23,28-32H,24-27H2,1-8H3. The Morgan fingerprint density at radius 3 is 1.07 bits per heavy atom. The fourth-order valence-electron chi connectivity index (χ4n) is 5.19. The van der Waals surface area contributed by atoms with Crippen LogP contribution in [0.25, 0.3) is 0 Å². The van der Waals surface area contributed by atoms with E-state index in [1.54, 1.807) is 0 Å². The Balaban J connectivity index is 1.46. The van der Waals surface area contributed by atoms with E-state index in [0.717, 1.165) is 39.7 Å². The highest BCUT2D eigenvalue weighted by molar-refractivity contribution is 7.98. The molecule has 0 aliphatic carbocycles. The van der Waals surface area contributed by atoms with Gasteiger partial charge in [0.25, 0.3) is 0 Å². The lowest BCUT2D eigenvalue weighted by Crippen LogP contribution is -2.03.